The molecule has 3 rings (SSSR count). The SMILES string of the molecule is COc1ccc(C(C(=O)N=C2N(C)CCN2C)c2ccccc2)cc1. The first-order valence-electron chi connectivity index (χ1n) is 8.34. The minimum absolute atomic E-state index is 0.160. The van der Waals surface area contributed by atoms with E-state index in [0.29, 0.717) is 0 Å². The molecule has 1 amide bonds. The minimum atomic E-state index is -0.429. The van der Waals surface area contributed by atoms with E-state index in [0.717, 1.165) is 35.9 Å². The van der Waals surface area contributed by atoms with Gasteiger partial charge in [0.05, 0.1) is 13.0 Å². The smallest absolute Gasteiger partial charge is 0.260 e. The van der Waals surface area contributed by atoms with Crippen molar-refractivity contribution in [2.75, 3.05) is 34.3 Å². The largest absolute Gasteiger partial charge is 0.497 e. The van der Waals surface area contributed by atoms with Crippen LogP contribution in [0.4, 0.5) is 0 Å². The van der Waals surface area contributed by atoms with Crippen LogP contribution < -0.4 is 4.74 Å². The molecule has 0 saturated carbocycles. The van der Waals surface area contributed by atoms with Crippen LogP contribution in [0.5, 0.6) is 5.75 Å². The molecule has 25 heavy (non-hydrogen) atoms. The normalized spacial score (nSPS) is 15.2. The first-order valence-corrected chi connectivity index (χ1v) is 8.34. The third-order valence-corrected chi connectivity index (χ3v) is 4.49. The Labute approximate surface area is 148 Å². The summed E-state index contributed by atoms with van der Waals surface area (Å²) in [7, 11) is 5.55. The highest BCUT2D eigenvalue weighted by Gasteiger charge is 2.26. The van der Waals surface area contributed by atoms with Crippen molar-refractivity contribution in [2.45, 2.75) is 5.92 Å². The number of aliphatic imine (C=N–C) groups is 1. The van der Waals surface area contributed by atoms with Crippen LogP contribution >= 0.6 is 0 Å². The fourth-order valence-corrected chi connectivity index (χ4v) is 3.04. The lowest BCUT2D eigenvalue weighted by molar-refractivity contribution is -0.118. The van der Waals surface area contributed by atoms with Crippen LogP contribution in [0.15, 0.2) is 59.6 Å². The predicted octanol–water partition coefficient (Wildman–Crippen LogP) is 2.59. The molecule has 2 aromatic rings. The number of carbonyl (C=O) groups is 1. The number of nitrogens with zero attached hydrogens (tertiary/aromatic N) is 3. The van der Waals surface area contributed by atoms with Crippen LogP contribution in [0.1, 0.15) is 17.0 Å². The number of carbonyl (C=O) groups excluding carboxylic acids is 1. The van der Waals surface area contributed by atoms with Gasteiger partial charge < -0.3 is 14.5 Å². The third-order valence-electron chi connectivity index (χ3n) is 4.49. The molecular weight excluding hydrogens is 314 g/mol. The zero-order valence-electron chi connectivity index (χ0n) is 14.8. The molecule has 1 saturated heterocycles. The average molecular weight is 337 g/mol. The van der Waals surface area contributed by atoms with E-state index >= 15 is 0 Å². The Balaban J connectivity index is 1.99. The molecule has 0 radical (unpaired) electrons. The van der Waals surface area contributed by atoms with Gasteiger partial charge in [-0.05, 0) is 23.3 Å². The number of likely N-dealkylation sites (N-methyl/N-ethyl adjacent to an activating group) is 2. The maximum Gasteiger partial charge on any atom is 0.260 e. The summed E-state index contributed by atoms with van der Waals surface area (Å²) in [5.41, 5.74) is 1.84. The summed E-state index contributed by atoms with van der Waals surface area (Å²) in [5, 5.41) is 0. The number of ether oxygens (including phenoxy) is 1. The Morgan fingerprint density at radius 2 is 1.52 bits per heavy atom. The van der Waals surface area contributed by atoms with Gasteiger partial charge in [-0.2, -0.15) is 4.99 Å². The van der Waals surface area contributed by atoms with E-state index in [1.807, 2.05) is 78.5 Å². The maximum absolute atomic E-state index is 13.1. The van der Waals surface area contributed by atoms with Crippen molar-refractivity contribution >= 4 is 11.9 Å². The second-order valence-corrected chi connectivity index (χ2v) is 6.21. The molecule has 5 heteroatoms. The standard InChI is InChI=1S/C20H23N3O2/c1-22-13-14-23(2)20(22)21-19(24)18(15-7-5-4-6-8-15)16-9-11-17(25-3)12-10-16/h4-12,18H,13-14H2,1-3H3. The first kappa shape index (κ1) is 17.0. The molecule has 130 valence electrons. The van der Waals surface area contributed by atoms with Gasteiger partial charge in [-0.1, -0.05) is 42.5 Å². The molecule has 0 spiro atoms. The van der Waals surface area contributed by atoms with Gasteiger partial charge in [0.25, 0.3) is 5.91 Å². The predicted molar refractivity (Wildman–Crippen MR) is 99.0 cm³/mol. The van der Waals surface area contributed by atoms with Gasteiger partial charge in [0.15, 0.2) is 0 Å². The van der Waals surface area contributed by atoms with E-state index in [2.05, 4.69) is 4.99 Å². The topological polar surface area (TPSA) is 45.1 Å². The quantitative estimate of drug-likeness (QED) is 0.860. The zero-order chi connectivity index (χ0) is 17.8. The Morgan fingerprint density at radius 1 is 0.960 bits per heavy atom. The summed E-state index contributed by atoms with van der Waals surface area (Å²) < 4.78 is 5.23. The van der Waals surface area contributed by atoms with Gasteiger partial charge in [-0.15, -0.1) is 0 Å². The van der Waals surface area contributed by atoms with E-state index in [-0.39, 0.29) is 5.91 Å². The number of hydrogen-bond donors (Lipinski definition) is 0. The molecule has 0 bridgehead atoms. The lowest BCUT2D eigenvalue weighted by atomic mass is 9.90. The molecule has 5 nitrogen and oxygen atoms in total. The fraction of sp³-hybridized carbons (Fsp3) is 0.300. The van der Waals surface area contributed by atoms with Gasteiger partial charge >= 0.3 is 0 Å². The summed E-state index contributed by atoms with van der Waals surface area (Å²) in [6.07, 6.45) is 0. The van der Waals surface area contributed by atoms with E-state index in [1.165, 1.54) is 0 Å². The Morgan fingerprint density at radius 3 is 2.08 bits per heavy atom. The van der Waals surface area contributed by atoms with Crippen molar-refractivity contribution in [3.63, 3.8) is 0 Å². The number of benzene rings is 2. The summed E-state index contributed by atoms with van der Waals surface area (Å²) in [6, 6.07) is 17.4. The number of hydrogen-bond acceptors (Lipinski definition) is 2. The number of methoxy groups -OCH3 is 1. The van der Waals surface area contributed by atoms with Crippen molar-refractivity contribution in [3.8, 4) is 5.75 Å². The average Bonchev–Trinajstić information content (AvgIpc) is 2.95. The van der Waals surface area contributed by atoms with Crippen molar-refractivity contribution < 1.29 is 9.53 Å². The molecule has 0 aromatic heterocycles. The van der Waals surface area contributed by atoms with Crippen molar-refractivity contribution in [3.05, 3.63) is 65.7 Å². The van der Waals surface area contributed by atoms with Crippen molar-refractivity contribution in [1.82, 2.24) is 9.80 Å². The minimum Gasteiger partial charge on any atom is -0.497 e. The molecular formula is C20H23N3O2. The van der Waals surface area contributed by atoms with Crippen LogP contribution in [0.2, 0.25) is 0 Å². The van der Waals surface area contributed by atoms with Crippen LogP contribution in [0.3, 0.4) is 0 Å². The lowest BCUT2D eigenvalue weighted by Crippen LogP contribution is -2.30. The fourth-order valence-electron chi connectivity index (χ4n) is 3.04. The van der Waals surface area contributed by atoms with Gasteiger partial charge in [0, 0.05) is 27.2 Å². The van der Waals surface area contributed by atoms with E-state index < -0.39 is 5.92 Å². The van der Waals surface area contributed by atoms with Crippen molar-refractivity contribution in [1.29, 1.82) is 0 Å². The van der Waals surface area contributed by atoms with E-state index in [1.54, 1.807) is 7.11 Å². The number of amides is 1. The molecule has 0 N–H and O–H groups in total. The first-order chi connectivity index (χ1) is 12.1. The van der Waals surface area contributed by atoms with Crippen LogP contribution in [0, 0.1) is 0 Å². The molecule has 1 heterocycles. The number of rotatable bonds is 4. The van der Waals surface area contributed by atoms with Gasteiger partial charge in [0.2, 0.25) is 5.96 Å². The summed E-state index contributed by atoms with van der Waals surface area (Å²) in [6.45, 7) is 1.75. The Bertz CT molecular complexity index is 744. The summed E-state index contributed by atoms with van der Waals surface area (Å²) in [5.74, 6) is 0.901. The highest BCUT2D eigenvalue weighted by Crippen LogP contribution is 2.28. The monoisotopic (exact) mass is 337 g/mol. The molecule has 1 fully saturated rings. The third kappa shape index (κ3) is 3.65. The van der Waals surface area contributed by atoms with Gasteiger partial charge in [-0.25, -0.2) is 0 Å². The van der Waals surface area contributed by atoms with Gasteiger partial charge in [0.1, 0.15) is 5.75 Å². The van der Waals surface area contributed by atoms with Crippen LogP contribution in [0.25, 0.3) is 0 Å². The summed E-state index contributed by atoms with van der Waals surface area (Å²) in [4.78, 5) is 21.5. The maximum atomic E-state index is 13.1. The van der Waals surface area contributed by atoms with E-state index in [9.17, 15) is 4.79 Å². The van der Waals surface area contributed by atoms with Crippen molar-refractivity contribution in [2.24, 2.45) is 4.99 Å². The highest BCUT2D eigenvalue weighted by molar-refractivity contribution is 5.98. The zero-order valence-corrected chi connectivity index (χ0v) is 14.8. The molecule has 1 aliphatic heterocycles. The van der Waals surface area contributed by atoms with E-state index in [4.69, 9.17) is 4.74 Å². The second-order valence-electron chi connectivity index (χ2n) is 6.21. The van der Waals surface area contributed by atoms with Crippen LogP contribution in [-0.4, -0.2) is 56.0 Å². The second kappa shape index (κ2) is 7.38. The van der Waals surface area contributed by atoms with Gasteiger partial charge in [-0.3, -0.25) is 4.79 Å². The van der Waals surface area contributed by atoms with Crippen LogP contribution in [-0.2, 0) is 4.79 Å². The molecule has 0 aliphatic carbocycles. The Hall–Kier alpha value is -2.82. The molecule has 1 atom stereocenters. The lowest BCUT2D eigenvalue weighted by Gasteiger charge is -2.19. The molecule has 1 aliphatic rings. The Kier molecular flexibility index (Phi) is 5.03. The molecule has 1 unspecified atom stereocenters. The number of guanidine groups is 1. The highest BCUT2D eigenvalue weighted by atomic mass is 16.5. The molecule has 2 aromatic carbocycles. The summed E-state index contributed by atoms with van der Waals surface area (Å²) >= 11 is 0.